The van der Waals surface area contributed by atoms with E-state index in [2.05, 4.69) is 6.58 Å². The number of methoxy groups -OCH3 is 1. The molecule has 0 aromatic carbocycles. The molecule has 3 atom stereocenters. The van der Waals surface area contributed by atoms with Crippen molar-refractivity contribution in [1.29, 1.82) is 0 Å². The normalized spacial score (nSPS) is 18.9. The molecule has 0 spiro atoms. The molecule has 6 nitrogen and oxygen atoms in total. The number of ether oxygens (including phenoxy) is 2. The van der Waals surface area contributed by atoms with Gasteiger partial charge in [-0.2, -0.15) is 0 Å². The molecule has 0 saturated carbocycles. The number of aliphatic hydroxyl groups is 1. The average molecular weight is 409 g/mol. The Kier molecular flexibility index (Phi) is 8.96. The van der Waals surface area contributed by atoms with Gasteiger partial charge in [0.15, 0.2) is 16.6 Å². The van der Waals surface area contributed by atoms with Gasteiger partial charge in [0.25, 0.3) is 5.79 Å². The van der Waals surface area contributed by atoms with Gasteiger partial charge in [0.05, 0.1) is 10.2 Å². The summed E-state index contributed by atoms with van der Waals surface area (Å²) in [6.45, 7) is 17.2. The fraction of sp³-hybridized carbons (Fsp3) is 0.812. The van der Waals surface area contributed by atoms with Crippen molar-refractivity contribution in [3.63, 3.8) is 0 Å². The first-order valence-electron chi connectivity index (χ1n) is 8.63. The van der Waals surface area contributed by atoms with Crippen molar-refractivity contribution in [2.75, 3.05) is 7.11 Å². The van der Waals surface area contributed by atoms with Gasteiger partial charge in [0.1, 0.15) is 5.22 Å². The third kappa shape index (κ3) is 7.08. The van der Waals surface area contributed by atoms with E-state index in [0.29, 0.717) is 16.7 Å². The highest BCUT2D eigenvalue weighted by atomic mass is 28.4. The van der Waals surface area contributed by atoms with E-state index in [9.17, 15) is 9.90 Å². The van der Waals surface area contributed by atoms with Gasteiger partial charge in [0, 0.05) is 13.2 Å². The largest absolute Gasteiger partial charge is 0.422 e. The second-order valence-corrected chi connectivity index (χ2v) is 18.8. The topological polar surface area (TPSA) is 74.2 Å². The Balaban J connectivity index is 6.39. The monoisotopic (exact) mass is 408 g/mol. The SMILES string of the molecule is C=CC(=O)OC(O[Si](C)(C)C)(C(O)O[Si](C)(C)C)C([SiH3])(CCC)OC. The molecule has 0 aliphatic heterocycles. The molecule has 0 aromatic rings. The lowest BCUT2D eigenvalue weighted by molar-refractivity contribution is -0.330. The third-order valence-electron chi connectivity index (χ3n) is 3.58. The van der Waals surface area contributed by atoms with Crippen LogP contribution < -0.4 is 0 Å². The summed E-state index contributed by atoms with van der Waals surface area (Å²) in [5, 5.41) is 10.1. The van der Waals surface area contributed by atoms with Gasteiger partial charge in [-0.05, 0) is 45.7 Å². The Morgan fingerprint density at radius 1 is 1.24 bits per heavy atom. The first kappa shape index (κ1) is 24.7. The maximum absolute atomic E-state index is 12.1. The predicted molar refractivity (Wildman–Crippen MR) is 108 cm³/mol. The fourth-order valence-electron chi connectivity index (χ4n) is 2.55. The third-order valence-corrected chi connectivity index (χ3v) is 7.03. The van der Waals surface area contributed by atoms with Crippen molar-refractivity contribution in [2.45, 2.75) is 76.3 Å². The number of esters is 1. The van der Waals surface area contributed by atoms with Crippen molar-refractivity contribution < 1.29 is 28.2 Å². The van der Waals surface area contributed by atoms with Crippen LogP contribution in [0.2, 0.25) is 39.3 Å². The van der Waals surface area contributed by atoms with Crippen molar-refractivity contribution in [3.8, 4) is 0 Å². The van der Waals surface area contributed by atoms with Crippen LogP contribution in [0.15, 0.2) is 12.7 Å². The number of rotatable bonds is 11. The van der Waals surface area contributed by atoms with Gasteiger partial charge in [-0.25, -0.2) is 4.79 Å². The van der Waals surface area contributed by atoms with Gasteiger partial charge in [-0.3, -0.25) is 0 Å². The molecule has 0 aliphatic rings. The second kappa shape index (κ2) is 9.07. The Bertz CT molecular complexity index is 460. The van der Waals surface area contributed by atoms with Crippen LogP contribution >= 0.6 is 0 Å². The number of hydrogen-bond donors (Lipinski definition) is 1. The molecule has 0 amide bonds. The van der Waals surface area contributed by atoms with E-state index in [4.69, 9.17) is 18.3 Å². The molecule has 0 heterocycles. The molecule has 0 fully saturated rings. The standard InChI is InChI=1S/C16H36O6Si3/c1-10-12-15(23,19-3)16(20-13(17)11-2,22-25(7,8)9)14(18)21-24(4,5)6/h11,14,18H,2,10,12H2,1,3-9,23H3. The molecule has 3 unspecified atom stereocenters. The fourth-order valence-corrected chi connectivity index (χ4v) is 5.80. The minimum atomic E-state index is -2.26. The van der Waals surface area contributed by atoms with Crippen molar-refractivity contribution in [3.05, 3.63) is 12.7 Å². The Morgan fingerprint density at radius 3 is 2.08 bits per heavy atom. The van der Waals surface area contributed by atoms with Crippen molar-refractivity contribution >= 4 is 32.8 Å². The van der Waals surface area contributed by atoms with Crippen LogP contribution in [0.25, 0.3) is 0 Å². The summed E-state index contributed by atoms with van der Waals surface area (Å²) in [5.74, 6) is -2.40. The van der Waals surface area contributed by atoms with Gasteiger partial charge in [-0.1, -0.05) is 19.9 Å². The number of aliphatic hydroxyl groups excluding tert-OH is 1. The molecule has 0 aliphatic carbocycles. The van der Waals surface area contributed by atoms with Gasteiger partial charge in [-0.15, -0.1) is 0 Å². The molecule has 0 saturated heterocycles. The zero-order valence-corrected chi connectivity index (χ0v) is 21.3. The quantitative estimate of drug-likeness (QED) is 0.244. The van der Waals surface area contributed by atoms with Crippen LogP contribution in [0.4, 0.5) is 0 Å². The van der Waals surface area contributed by atoms with E-state index in [0.717, 1.165) is 12.5 Å². The Hall–Kier alpha value is -0.299. The summed E-state index contributed by atoms with van der Waals surface area (Å²) in [6.07, 6.45) is 0.961. The molecule has 1 N–H and O–H groups in total. The van der Waals surface area contributed by atoms with E-state index in [1.54, 1.807) is 7.11 Å². The molecular weight excluding hydrogens is 372 g/mol. The Labute approximate surface area is 157 Å². The summed E-state index contributed by atoms with van der Waals surface area (Å²) in [6, 6.07) is 0. The lowest BCUT2D eigenvalue weighted by Crippen LogP contribution is -2.70. The molecule has 0 aromatic heterocycles. The summed E-state index contributed by atoms with van der Waals surface area (Å²) in [4.78, 5) is 12.1. The minimum absolute atomic E-state index is 0.465. The van der Waals surface area contributed by atoms with E-state index in [-0.39, 0.29) is 0 Å². The number of carbonyl (C=O) groups is 1. The van der Waals surface area contributed by atoms with Crippen LogP contribution in [-0.4, -0.2) is 62.4 Å². The highest BCUT2D eigenvalue weighted by Gasteiger charge is 2.60. The van der Waals surface area contributed by atoms with Crippen LogP contribution in [-0.2, 0) is 23.1 Å². The van der Waals surface area contributed by atoms with Gasteiger partial charge < -0.3 is 23.4 Å². The highest BCUT2D eigenvalue weighted by molar-refractivity contribution is 6.70. The number of carbonyl (C=O) groups excluding carboxylic acids is 1. The van der Waals surface area contributed by atoms with E-state index in [1.807, 2.05) is 46.2 Å². The molecule has 0 radical (unpaired) electrons. The summed E-state index contributed by atoms with van der Waals surface area (Å²) < 4.78 is 23.7. The van der Waals surface area contributed by atoms with Gasteiger partial charge in [0.2, 0.25) is 6.29 Å². The van der Waals surface area contributed by atoms with E-state index < -0.39 is 39.9 Å². The van der Waals surface area contributed by atoms with E-state index in [1.165, 1.54) is 0 Å². The first-order chi connectivity index (χ1) is 11.2. The lowest BCUT2D eigenvalue weighted by atomic mass is 10.0. The zero-order valence-electron chi connectivity index (χ0n) is 17.3. The first-order valence-corrected chi connectivity index (χ1v) is 16.4. The molecule has 25 heavy (non-hydrogen) atoms. The zero-order chi connectivity index (χ0) is 20.1. The van der Waals surface area contributed by atoms with Crippen molar-refractivity contribution in [1.82, 2.24) is 0 Å². The summed E-state index contributed by atoms with van der Waals surface area (Å²) >= 11 is 0. The lowest BCUT2D eigenvalue weighted by Gasteiger charge is -2.51. The Morgan fingerprint density at radius 2 is 1.76 bits per heavy atom. The predicted octanol–water partition coefficient (Wildman–Crippen LogP) is 1.94. The maximum atomic E-state index is 12.1. The van der Waals surface area contributed by atoms with Crippen LogP contribution in [0.5, 0.6) is 0 Å². The van der Waals surface area contributed by atoms with Crippen LogP contribution in [0.1, 0.15) is 19.8 Å². The molecule has 148 valence electrons. The molecular formula is C16H36O6Si3. The molecule has 9 heteroatoms. The van der Waals surface area contributed by atoms with Gasteiger partial charge >= 0.3 is 5.97 Å². The smallest absolute Gasteiger partial charge is 0.332 e. The van der Waals surface area contributed by atoms with Crippen LogP contribution in [0, 0.1) is 0 Å². The average Bonchev–Trinajstić information content (AvgIpc) is 2.42. The molecule has 0 rings (SSSR count). The maximum Gasteiger partial charge on any atom is 0.332 e. The second-order valence-electron chi connectivity index (χ2n) is 8.27. The van der Waals surface area contributed by atoms with E-state index >= 15 is 0 Å². The minimum Gasteiger partial charge on any atom is -0.422 e. The molecule has 0 bridgehead atoms. The van der Waals surface area contributed by atoms with Crippen molar-refractivity contribution in [2.24, 2.45) is 0 Å². The summed E-state index contributed by atoms with van der Waals surface area (Å²) in [5.41, 5.74) is 0. The van der Waals surface area contributed by atoms with Crippen LogP contribution in [0.3, 0.4) is 0 Å². The summed E-state index contributed by atoms with van der Waals surface area (Å²) in [7, 11) is -2.40. The highest BCUT2D eigenvalue weighted by Crippen LogP contribution is 2.39. The number of hydrogen-bond acceptors (Lipinski definition) is 6.